The molecule has 1 aromatic carbocycles. The van der Waals surface area contributed by atoms with Crippen LogP contribution < -0.4 is 4.74 Å². The van der Waals surface area contributed by atoms with Gasteiger partial charge in [0.1, 0.15) is 11.6 Å². The molecule has 0 aliphatic carbocycles. The maximum Gasteiger partial charge on any atom is 0.144 e. The van der Waals surface area contributed by atoms with Crippen LogP contribution in [0.15, 0.2) is 48.8 Å². The van der Waals surface area contributed by atoms with Crippen molar-refractivity contribution >= 4 is 5.52 Å². The van der Waals surface area contributed by atoms with Gasteiger partial charge in [0.15, 0.2) is 0 Å². The smallest absolute Gasteiger partial charge is 0.144 e. The van der Waals surface area contributed by atoms with Crippen LogP contribution in [0.2, 0.25) is 0 Å². The molecule has 0 amide bonds. The zero-order valence-electron chi connectivity index (χ0n) is 10.4. The Balaban J connectivity index is 2.18. The molecule has 3 rings (SSSR count). The Morgan fingerprint density at radius 3 is 2.83 bits per heavy atom. The van der Waals surface area contributed by atoms with Crippen LogP contribution in [-0.2, 0) is 0 Å². The molecule has 3 nitrogen and oxygen atoms in total. The molecule has 0 aliphatic heterocycles. The Morgan fingerprint density at radius 1 is 1.17 bits per heavy atom. The third-order valence-electron chi connectivity index (χ3n) is 3.02. The van der Waals surface area contributed by atoms with Gasteiger partial charge in [-0.1, -0.05) is 23.8 Å². The molecule has 2 aromatic heterocycles. The zero-order chi connectivity index (χ0) is 12.5. The van der Waals surface area contributed by atoms with Crippen molar-refractivity contribution in [1.82, 2.24) is 9.38 Å². The fraction of sp³-hybridized carbons (Fsp3) is 0.133. The summed E-state index contributed by atoms with van der Waals surface area (Å²) in [5.41, 5.74) is 3.39. The maximum atomic E-state index is 5.22. The van der Waals surface area contributed by atoms with Gasteiger partial charge >= 0.3 is 0 Å². The van der Waals surface area contributed by atoms with Crippen molar-refractivity contribution in [2.24, 2.45) is 0 Å². The molecule has 3 heteroatoms. The molecule has 0 radical (unpaired) electrons. The molecule has 0 aliphatic rings. The van der Waals surface area contributed by atoms with Gasteiger partial charge in [0, 0.05) is 17.8 Å². The van der Waals surface area contributed by atoms with Gasteiger partial charge in [-0.2, -0.15) is 0 Å². The topological polar surface area (TPSA) is 26.5 Å². The molecule has 90 valence electrons. The molecule has 0 spiro atoms. The monoisotopic (exact) mass is 238 g/mol. The van der Waals surface area contributed by atoms with E-state index in [0.717, 1.165) is 22.7 Å². The zero-order valence-corrected chi connectivity index (χ0v) is 10.4. The molecule has 0 fully saturated rings. The first-order valence-corrected chi connectivity index (χ1v) is 5.86. The van der Waals surface area contributed by atoms with E-state index < -0.39 is 0 Å². The second-order valence-electron chi connectivity index (χ2n) is 4.31. The van der Waals surface area contributed by atoms with E-state index in [4.69, 9.17) is 4.74 Å². The van der Waals surface area contributed by atoms with Crippen LogP contribution >= 0.6 is 0 Å². The molecule has 3 aromatic rings. The fourth-order valence-electron chi connectivity index (χ4n) is 2.10. The first kappa shape index (κ1) is 10.8. The van der Waals surface area contributed by atoms with Crippen molar-refractivity contribution in [2.75, 3.05) is 7.11 Å². The van der Waals surface area contributed by atoms with E-state index in [1.165, 1.54) is 5.56 Å². The van der Waals surface area contributed by atoms with Gasteiger partial charge in [0.2, 0.25) is 0 Å². The molecule has 0 N–H and O–H groups in total. The molecule has 0 bridgehead atoms. The highest BCUT2D eigenvalue weighted by Crippen LogP contribution is 2.23. The third-order valence-corrected chi connectivity index (χ3v) is 3.02. The van der Waals surface area contributed by atoms with E-state index >= 15 is 0 Å². The number of ether oxygens (including phenoxy) is 1. The number of aryl methyl sites for hydroxylation is 1. The Labute approximate surface area is 106 Å². The minimum absolute atomic E-state index is 0.846. The number of methoxy groups -OCH3 is 1. The highest BCUT2D eigenvalue weighted by Gasteiger charge is 2.06. The average Bonchev–Trinajstić information content (AvgIpc) is 2.81. The van der Waals surface area contributed by atoms with Gasteiger partial charge in [-0.15, -0.1) is 0 Å². The summed E-state index contributed by atoms with van der Waals surface area (Å²) in [7, 11) is 1.67. The van der Waals surface area contributed by atoms with Gasteiger partial charge in [-0.25, -0.2) is 4.98 Å². The number of rotatable bonds is 2. The summed E-state index contributed by atoms with van der Waals surface area (Å²) in [5, 5.41) is 0. The first-order chi connectivity index (χ1) is 8.78. The lowest BCUT2D eigenvalue weighted by atomic mass is 10.1. The van der Waals surface area contributed by atoms with Crippen LogP contribution in [0.25, 0.3) is 16.9 Å². The number of hydrogen-bond donors (Lipinski definition) is 0. The molecule has 0 atom stereocenters. The van der Waals surface area contributed by atoms with Gasteiger partial charge in [-0.05, 0) is 19.1 Å². The third kappa shape index (κ3) is 1.74. The Bertz CT molecular complexity index is 701. The summed E-state index contributed by atoms with van der Waals surface area (Å²) in [6.07, 6.45) is 3.85. The second-order valence-corrected chi connectivity index (χ2v) is 4.31. The van der Waals surface area contributed by atoms with E-state index in [1.807, 2.05) is 24.5 Å². The van der Waals surface area contributed by atoms with E-state index in [1.54, 1.807) is 7.11 Å². The number of pyridine rings is 1. The SMILES string of the molecule is COc1ccn2c(-c3cccc(C)c3)ncc2c1. The highest BCUT2D eigenvalue weighted by molar-refractivity contribution is 5.64. The fourth-order valence-corrected chi connectivity index (χ4v) is 2.10. The van der Waals surface area contributed by atoms with Crippen molar-refractivity contribution in [3.8, 4) is 17.1 Å². The standard InChI is InChI=1S/C15H14N2O/c1-11-4-3-5-12(8-11)15-16-10-13-9-14(18-2)6-7-17(13)15/h3-10H,1-2H3. The predicted octanol–water partition coefficient (Wildman–Crippen LogP) is 3.32. The van der Waals surface area contributed by atoms with E-state index in [2.05, 4.69) is 40.6 Å². The maximum absolute atomic E-state index is 5.22. The lowest BCUT2D eigenvalue weighted by Crippen LogP contribution is -1.90. The van der Waals surface area contributed by atoms with Crippen LogP contribution in [0.5, 0.6) is 5.75 Å². The van der Waals surface area contributed by atoms with E-state index in [9.17, 15) is 0 Å². The Hall–Kier alpha value is -2.29. The van der Waals surface area contributed by atoms with Crippen molar-refractivity contribution in [2.45, 2.75) is 6.92 Å². The minimum Gasteiger partial charge on any atom is -0.497 e. The van der Waals surface area contributed by atoms with Gasteiger partial charge in [-0.3, -0.25) is 4.40 Å². The van der Waals surface area contributed by atoms with Gasteiger partial charge in [0.05, 0.1) is 18.8 Å². The summed E-state index contributed by atoms with van der Waals surface area (Å²) in [6, 6.07) is 12.3. The molecule has 0 saturated carbocycles. The summed E-state index contributed by atoms with van der Waals surface area (Å²) >= 11 is 0. The summed E-state index contributed by atoms with van der Waals surface area (Å²) in [5.74, 6) is 1.80. The Morgan fingerprint density at radius 2 is 2.06 bits per heavy atom. The number of imidazole rings is 1. The number of benzene rings is 1. The van der Waals surface area contributed by atoms with Crippen molar-refractivity contribution < 1.29 is 4.74 Å². The van der Waals surface area contributed by atoms with Crippen LogP contribution in [0.3, 0.4) is 0 Å². The van der Waals surface area contributed by atoms with Crippen molar-refractivity contribution in [3.63, 3.8) is 0 Å². The second kappa shape index (κ2) is 4.18. The van der Waals surface area contributed by atoms with Crippen molar-refractivity contribution in [3.05, 3.63) is 54.4 Å². The predicted molar refractivity (Wildman–Crippen MR) is 71.9 cm³/mol. The average molecular weight is 238 g/mol. The van der Waals surface area contributed by atoms with Crippen molar-refractivity contribution in [1.29, 1.82) is 0 Å². The number of hydrogen-bond acceptors (Lipinski definition) is 2. The van der Waals surface area contributed by atoms with E-state index in [0.29, 0.717) is 0 Å². The number of nitrogens with zero attached hydrogens (tertiary/aromatic N) is 2. The van der Waals surface area contributed by atoms with Crippen LogP contribution in [0, 0.1) is 6.92 Å². The van der Waals surface area contributed by atoms with Gasteiger partial charge in [0.25, 0.3) is 0 Å². The lowest BCUT2D eigenvalue weighted by Gasteiger charge is -2.04. The molecule has 18 heavy (non-hydrogen) atoms. The number of aromatic nitrogens is 2. The first-order valence-electron chi connectivity index (χ1n) is 5.86. The summed E-state index contributed by atoms with van der Waals surface area (Å²) in [4.78, 5) is 4.49. The molecular formula is C15H14N2O. The minimum atomic E-state index is 0.846. The largest absolute Gasteiger partial charge is 0.497 e. The number of fused-ring (bicyclic) bond motifs is 1. The molecule has 0 saturated heterocycles. The normalized spacial score (nSPS) is 10.8. The molecule has 2 heterocycles. The highest BCUT2D eigenvalue weighted by atomic mass is 16.5. The summed E-state index contributed by atoms with van der Waals surface area (Å²) < 4.78 is 7.28. The Kier molecular flexibility index (Phi) is 2.52. The van der Waals surface area contributed by atoms with Gasteiger partial charge < -0.3 is 4.74 Å². The van der Waals surface area contributed by atoms with E-state index in [-0.39, 0.29) is 0 Å². The molecular weight excluding hydrogens is 224 g/mol. The van der Waals surface area contributed by atoms with Crippen LogP contribution in [0.1, 0.15) is 5.56 Å². The quantitative estimate of drug-likeness (QED) is 0.684. The van der Waals surface area contributed by atoms with Crippen LogP contribution in [0.4, 0.5) is 0 Å². The summed E-state index contributed by atoms with van der Waals surface area (Å²) in [6.45, 7) is 2.09. The molecule has 0 unspecified atom stereocenters. The lowest BCUT2D eigenvalue weighted by molar-refractivity contribution is 0.414. The van der Waals surface area contributed by atoms with Crippen LogP contribution in [-0.4, -0.2) is 16.5 Å².